The van der Waals surface area contributed by atoms with Crippen LogP contribution >= 0.6 is 11.8 Å². The van der Waals surface area contributed by atoms with Gasteiger partial charge in [0.15, 0.2) is 0 Å². The number of fused-ring (bicyclic) bond motifs is 1. The first-order valence-electron chi connectivity index (χ1n) is 12.8. The molecule has 0 spiro atoms. The molecule has 36 heavy (non-hydrogen) atoms. The van der Waals surface area contributed by atoms with Crippen molar-refractivity contribution in [2.24, 2.45) is 0 Å². The van der Waals surface area contributed by atoms with E-state index in [0.717, 1.165) is 35.7 Å². The summed E-state index contributed by atoms with van der Waals surface area (Å²) in [4.78, 5) is 16.7. The minimum atomic E-state index is -0.00232. The minimum absolute atomic E-state index is 0.00232. The first-order valence-corrected chi connectivity index (χ1v) is 14.0. The monoisotopic (exact) mass is 498 g/mol. The van der Waals surface area contributed by atoms with Gasteiger partial charge in [0.2, 0.25) is 5.91 Å². The van der Waals surface area contributed by atoms with Crippen molar-refractivity contribution in [3.05, 3.63) is 83.3 Å². The zero-order chi connectivity index (χ0) is 25.1. The fourth-order valence-electron chi connectivity index (χ4n) is 5.22. The molecule has 1 amide bonds. The van der Waals surface area contributed by atoms with Gasteiger partial charge in [0.1, 0.15) is 11.5 Å². The van der Waals surface area contributed by atoms with Crippen LogP contribution in [0.1, 0.15) is 41.9 Å². The highest BCUT2D eigenvalue weighted by Gasteiger charge is 2.20. The molecule has 1 saturated heterocycles. The number of thioether (sulfide) groups is 1. The number of carbonyl (C=O) groups excluding carboxylic acids is 1. The van der Waals surface area contributed by atoms with E-state index in [1.54, 1.807) is 11.8 Å². The SMILES string of the molecule is CSc1cc(CC(=O)NCc2oc(C)cc2-c2ccc(C)cc2N2CCCCC2)cc2ccccc12. The largest absolute Gasteiger partial charge is 0.464 e. The molecule has 5 rings (SSSR count). The lowest BCUT2D eigenvalue weighted by Crippen LogP contribution is -2.30. The topological polar surface area (TPSA) is 45.5 Å². The Labute approximate surface area is 218 Å². The van der Waals surface area contributed by atoms with Crippen LogP contribution in [-0.4, -0.2) is 25.3 Å². The maximum Gasteiger partial charge on any atom is 0.224 e. The van der Waals surface area contributed by atoms with Gasteiger partial charge in [0.05, 0.1) is 13.0 Å². The molecule has 0 atom stereocenters. The zero-order valence-corrected chi connectivity index (χ0v) is 22.2. The molecule has 186 valence electrons. The van der Waals surface area contributed by atoms with Crippen LogP contribution < -0.4 is 10.2 Å². The number of carbonyl (C=O) groups is 1. The van der Waals surface area contributed by atoms with E-state index in [2.05, 4.69) is 78.0 Å². The Morgan fingerprint density at radius 2 is 1.78 bits per heavy atom. The smallest absolute Gasteiger partial charge is 0.224 e. The lowest BCUT2D eigenvalue weighted by Gasteiger charge is -2.31. The van der Waals surface area contributed by atoms with E-state index in [1.165, 1.54) is 51.7 Å². The van der Waals surface area contributed by atoms with Crippen LogP contribution in [0.5, 0.6) is 0 Å². The van der Waals surface area contributed by atoms with Gasteiger partial charge in [-0.15, -0.1) is 11.8 Å². The molecule has 1 aliphatic heterocycles. The van der Waals surface area contributed by atoms with E-state index in [4.69, 9.17) is 4.42 Å². The summed E-state index contributed by atoms with van der Waals surface area (Å²) in [5.74, 6) is 1.67. The van der Waals surface area contributed by atoms with Gasteiger partial charge in [-0.1, -0.05) is 42.5 Å². The molecule has 1 aromatic heterocycles. The molecular weight excluding hydrogens is 464 g/mol. The van der Waals surface area contributed by atoms with Gasteiger partial charge in [0, 0.05) is 34.8 Å². The first-order chi connectivity index (χ1) is 17.5. The number of hydrogen-bond acceptors (Lipinski definition) is 4. The van der Waals surface area contributed by atoms with Gasteiger partial charge in [-0.3, -0.25) is 4.79 Å². The molecular formula is C31H34N2O2S. The number of piperidine rings is 1. The van der Waals surface area contributed by atoms with Gasteiger partial charge >= 0.3 is 0 Å². The standard InChI is InChI=1S/C31H34N2O2S/c1-21-11-12-26(28(15-21)33-13-7-4-8-14-33)27-16-22(2)35-29(27)20-32-31(34)19-23-17-24-9-5-6-10-25(24)30(18-23)36-3/h5-6,9-12,15-18H,4,7-8,13-14,19-20H2,1-3H3,(H,32,34). The molecule has 0 bridgehead atoms. The van der Waals surface area contributed by atoms with Crippen molar-refractivity contribution >= 4 is 34.1 Å². The van der Waals surface area contributed by atoms with Crippen LogP contribution in [0.25, 0.3) is 21.9 Å². The molecule has 2 heterocycles. The second kappa shape index (κ2) is 10.8. The highest BCUT2D eigenvalue weighted by Crippen LogP contribution is 2.37. The molecule has 4 aromatic rings. The van der Waals surface area contributed by atoms with E-state index >= 15 is 0 Å². The highest BCUT2D eigenvalue weighted by molar-refractivity contribution is 7.98. The molecule has 0 radical (unpaired) electrons. The van der Waals surface area contributed by atoms with E-state index in [-0.39, 0.29) is 5.91 Å². The Kier molecular flexibility index (Phi) is 7.38. The summed E-state index contributed by atoms with van der Waals surface area (Å²) in [7, 11) is 0. The Morgan fingerprint density at radius 1 is 0.972 bits per heavy atom. The Balaban J connectivity index is 1.35. The number of benzene rings is 3. The van der Waals surface area contributed by atoms with Crippen molar-refractivity contribution in [1.29, 1.82) is 0 Å². The molecule has 4 nitrogen and oxygen atoms in total. The average molecular weight is 499 g/mol. The van der Waals surface area contributed by atoms with Crippen molar-refractivity contribution in [2.75, 3.05) is 24.2 Å². The molecule has 1 aliphatic rings. The van der Waals surface area contributed by atoms with Crippen molar-refractivity contribution in [2.45, 2.75) is 51.0 Å². The van der Waals surface area contributed by atoms with E-state index < -0.39 is 0 Å². The third-order valence-corrected chi connectivity index (χ3v) is 7.76. The van der Waals surface area contributed by atoms with Crippen molar-refractivity contribution < 1.29 is 9.21 Å². The first kappa shape index (κ1) is 24.5. The van der Waals surface area contributed by atoms with Crippen LogP contribution in [0, 0.1) is 13.8 Å². The Morgan fingerprint density at radius 3 is 2.58 bits per heavy atom. The molecule has 1 N–H and O–H groups in total. The van der Waals surface area contributed by atoms with Crippen LogP contribution in [0.4, 0.5) is 5.69 Å². The summed E-state index contributed by atoms with van der Waals surface area (Å²) in [5.41, 5.74) is 5.81. The summed E-state index contributed by atoms with van der Waals surface area (Å²) in [5, 5.41) is 5.51. The third-order valence-electron chi connectivity index (χ3n) is 6.99. The van der Waals surface area contributed by atoms with Crippen molar-refractivity contribution in [3.63, 3.8) is 0 Å². The number of aryl methyl sites for hydroxylation is 2. The lowest BCUT2D eigenvalue weighted by atomic mass is 9.99. The van der Waals surface area contributed by atoms with Crippen LogP contribution in [-0.2, 0) is 17.8 Å². The lowest BCUT2D eigenvalue weighted by molar-refractivity contribution is -0.120. The van der Waals surface area contributed by atoms with Crippen LogP contribution in [0.3, 0.4) is 0 Å². The third kappa shape index (κ3) is 5.31. The number of furan rings is 1. The maximum absolute atomic E-state index is 13.0. The molecule has 5 heteroatoms. The van der Waals surface area contributed by atoms with Gasteiger partial charge in [-0.25, -0.2) is 0 Å². The summed E-state index contributed by atoms with van der Waals surface area (Å²) in [6.07, 6.45) is 6.18. The number of rotatable bonds is 7. The Bertz CT molecular complexity index is 1380. The van der Waals surface area contributed by atoms with Crippen LogP contribution in [0.2, 0.25) is 0 Å². The Hall–Kier alpha value is -3.18. The van der Waals surface area contributed by atoms with E-state index in [0.29, 0.717) is 13.0 Å². The maximum atomic E-state index is 13.0. The zero-order valence-electron chi connectivity index (χ0n) is 21.4. The molecule has 0 saturated carbocycles. The quantitative estimate of drug-likeness (QED) is 0.272. The number of hydrogen-bond donors (Lipinski definition) is 1. The number of nitrogens with zero attached hydrogens (tertiary/aromatic N) is 1. The van der Waals surface area contributed by atoms with Crippen molar-refractivity contribution in [3.8, 4) is 11.1 Å². The van der Waals surface area contributed by atoms with E-state index in [9.17, 15) is 4.79 Å². The molecule has 0 unspecified atom stereocenters. The van der Waals surface area contributed by atoms with E-state index in [1.807, 2.05) is 13.0 Å². The predicted octanol–water partition coefficient (Wildman–Crippen LogP) is 7.29. The summed E-state index contributed by atoms with van der Waals surface area (Å²) in [6.45, 7) is 6.67. The molecule has 3 aromatic carbocycles. The van der Waals surface area contributed by atoms with Gasteiger partial charge in [-0.05, 0) is 79.5 Å². The summed E-state index contributed by atoms with van der Waals surface area (Å²) in [6, 6.07) is 21.3. The van der Waals surface area contributed by atoms with Gasteiger partial charge in [0.25, 0.3) is 0 Å². The van der Waals surface area contributed by atoms with Crippen LogP contribution in [0.15, 0.2) is 70.0 Å². The summed E-state index contributed by atoms with van der Waals surface area (Å²) >= 11 is 1.72. The van der Waals surface area contributed by atoms with Gasteiger partial charge < -0.3 is 14.6 Å². The number of nitrogens with one attached hydrogen (secondary N) is 1. The fourth-order valence-corrected chi connectivity index (χ4v) is 5.90. The molecule has 0 aliphatic carbocycles. The summed E-state index contributed by atoms with van der Waals surface area (Å²) < 4.78 is 6.10. The number of anilines is 1. The molecule has 1 fully saturated rings. The normalized spacial score (nSPS) is 13.8. The fraction of sp³-hybridized carbons (Fsp3) is 0.323. The average Bonchev–Trinajstić information content (AvgIpc) is 3.27. The second-order valence-electron chi connectivity index (χ2n) is 9.73. The predicted molar refractivity (Wildman–Crippen MR) is 151 cm³/mol. The second-order valence-corrected chi connectivity index (χ2v) is 10.6. The minimum Gasteiger partial charge on any atom is -0.464 e. The van der Waals surface area contributed by atoms with Crippen molar-refractivity contribution in [1.82, 2.24) is 5.32 Å². The number of amides is 1. The van der Waals surface area contributed by atoms with Gasteiger partial charge in [-0.2, -0.15) is 0 Å². The highest BCUT2D eigenvalue weighted by atomic mass is 32.2.